The van der Waals surface area contributed by atoms with Crippen molar-refractivity contribution < 1.29 is 19.7 Å². The lowest BCUT2D eigenvalue weighted by molar-refractivity contribution is -0.139. The maximum atomic E-state index is 12.4. The Morgan fingerprint density at radius 1 is 0.535 bits per heavy atom. The van der Waals surface area contributed by atoms with E-state index in [1.165, 1.54) is 135 Å². The number of Topliss-reactive ketones (excluding diaryl/α,β-unsaturated/α-hetero) is 1. The van der Waals surface area contributed by atoms with Gasteiger partial charge in [-0.25, -0.2) is 0 Å². The van der Waals surface area contributed by atoms with Crippen molar-refractivity contribution >= 4 is 5.78 Å². The van der Waals surface area contributed by atoms with Gasteiger partial charge < -0.3 is 14.9 Å². The minimum absolute atomic E-state index is 0.197. The summed E-state index contributed by atoms with van der Waals surface area (Å²) in [5, 5.41) is 20.0. The van der Waals surface area contributed by atoms with E-state index in [1.807, 2.05) is 0 Å². The van der Waals surface area contributed by atoms with Crippen LogP contribution in [0.5, 0.6) is 0 Å². The summed E-state index contributed by atoms with van der Waals surface area (Å²) < 4.78 is 5.69. The first-order valence-corrected chi connectivity index (χ1v) is 18.9. The molecule has 0 heterocycles. The van der Waals surface area contributed by atoms with Gasteiger partial charge in [0.1, 0.15) is 12.2 Å². The second-order valence-electron chi connectivity index (χ2n) is 12.8. The van der Waals surface area contributed by atoms with Gasteiger partial charge in [0.05, 0.1) is 6.61 Å². The first kappa shape index (κ1) is 42.0. The number of aliphatic hydroxyl groups excluding tert-OH is 2. The molecule has 0 aromatic heterocycles. The van der Waals surface area contributed by atoms with Crippen LogP contribution in [-0.2, 0) is 9.53 Å². The molecule has 0 bridgehead atoms. The molecular formula is C39H74O4. The highest BCUT2D eigenvalue weighted by Gasteiger charge is 2.25. The molecule has 0 fully saturated rings. The fraction of sp³-hybridized carbons (Fsp3) is 0.872. The Bertz CT molecular complexity index is 614. The molecule has 0 saturated carbocycles. The number of carbonyl (C=O) groups is 1. The van der Waals surface area contributed by atoms with E-state index in [0.717, 1.165) is 38.5 Å². The minimum Gasteiger partial charge on any atom is -0.394 e. The van der Waals surface area contributed by atoms with Crippen LogP contribution in [0.1, 0.15) is 194 Å². The van der Waals surface area contributed by atoms with Crippen molar-refractivity contribution in [2.75, 3.05) is 13.2 Å². The minimum atomic E-state index is -1.21. The Kier molecular flexibility index (Phi) is 34.7. The lowest BCUT2D eigenvalue weighted by Gasteiger charge is -2.20. The number of hydrogen-bond donors (Lipinski definition) is 2. The summed E-state index contributed by atoms with van der Waals surface area (Å²) in [5.74, 6) is -0.197. The van der Waals surface area contributed by atoms with E-state index in [0.29, 0.717) is 13.0 Å². The normalized spacial score (nSPS) is 13.4. The number of aliphatic hydroxyl groups is 2. The molecule has 0 aliphatic heterocycles. The molecule has 0 aromatic carbocycles. The van der Waals surface area contributed by atoms with Gasteiger partial charge in [0.25, 0.3) is 0 Å². The number of carbonyl (C=O) groups excluding carboxylic acids is 1. The summed E-state index contributed by atoms with van der Waals surface area (Å²) in [6, 6.07) is 0. The molecule has 0 spiro atoms. The topological polar surface area (TPSA) is 66.8 Å². The van der Waals surface area contributed by atoms with Crippen LogP contribution >= 0.6 is 0 Å². The highest BCUT2D eigenvalue weighted by atomic mass is 16.5. The number of allylic oxidation sites excluding steroid dienone is 4. The molecule has 0 aliphatic carbocycles. The summed E-state index contributed by atoms with van der Waals surface area (Å²) in [7, 11) is 0. The average Bonchev–Trinajstić information content (AvgIpc) is 3.02. The average molecular weight is 607 g/mol. The zero-order valence-electron chi connectivity index (χ0n) is 28.9. The number of ketones is 1. The van der Waals surface area contributed by atoms with Crippen LogP contribution in [0.4, 0.5) is 0 Å². The standard InChI is InChI=1S/C39H74O4/c1-3-5-7-9-11-13-15-17-19-21-23-25-27-29-31-33-35-43-38(36-40)39(42)37(41)34-32-30-28-26-24-22-20-18-16-14-12-10-8-6-4-2/h17-20,38-40,42H,3-16,21-36H2,1-2H3/b19-17-,20-18-. The van der Waals surface area contributed by atoms with Crippen LogP contribution in [0, 0.1) is 0 Å². The van der Waals surface area contributed by atoms with Crippen molar-refractivity contribution in [3.8, 4) is 0 Å². The summed E-state index contributed by atoms with van der Waals surface area (Å²) >= 11 is 0. The van der Waals surface area contributed by atoms with E-state index >= 15 is 0 Å². The van der Waals surface area contributed by atoms with Gasteiger partial charge in [-0.05, 0) is 64.2 Å². The molecule has 2 N–H and O–H groups in total. The smallest absolute Gasteiger partial charge is 0.164 e. The predicted octanol–water partition coefficient (Wildman–Crippen LogP) is 11.4. The summed E-state index contributed by atoms with van der Waals surface area (Å²) in [6.07, 6.45) is 41.2. The number of rotatable bonds is 35. The van der Waals surface area contributed by atoms with Crippen LogP contribution in [-0.4, -0.2) is 41.4 Å². The molecule has 4 heteroatoms. The van der Waals surface area contributed by atoms with Gasteiger partial charge in [-0.15, -0.1) is 0 Å². The molecule has 0 saturated heterocycles. The van der Waals surface area contributed by atoms with E-state index < -0.39 is 12.2 Å². The molecule has 254 valence electrons. The zero-order chi connectivity index (χ0) is 31.5. The highest BCUT2D eigenvalue weighted by molar-refractivity contribution is 5.83. The fourth-order valence-corrected chi connectivity index (χ4v) is 5.55. The highest BCUT2D eigenvalue weighted by Crippen LogP contribution is 2.14. The Balaban J connectivity index is 3.59. The van der Waals surface area contributed by atoms with Gasteiger partial charge in [0.15, 0.2) is 5.78 Å². The third kappa shape index (κ3) is 30.8. The molecule has 0 radical (unpaired) electrons. The lowest BCUT2D eigenvalue weighted by atomic mass is 10.0. The van der Waals surface area contributed by atoms with Crippen molar-refractivity contribution in [1.29, 1.82) is 0 Å². The second kappa shape index (κ2) is 35.5. The van der Waals surface area contributed by atoms with E-state index in [2.05, 4.69) is 38.2 Å². The van der Waals surface area contributed by atoms with Crippen molar-refractivity contribution in [3.05, 3.63) is 24.3 Å². The zero-order valence-corrected chi connectivity index (χ0v) is 28.9. The van der Waals surface area contributed by atoms with Gasteiger partial charge >= 0.3 is 0 Å². The van der Waals surface area contributed by atoms with Crippen LogP contribution in [0.3, 0.4) is 0 Å². The van der Waals surface area contributed by atoms with Crippen LogP contribution in [0.25, 0.3) is 0 Å². The van der Waals surface area contributed by atoms with E-state index in [4.69, 9.17) is 4.74 Å². The van der Waals surface area contributed by atoms with Crippen molar-refractivity contribution in [2.45, 2.75) is 206 Å². The molecule has 0 amide bonds. The van der Waals surface area contributed by atoms with Crippen molar-refractivity contribution in [2.24, 2.45) is 0 Å². The monoisotopic (exact) mass is 607 g/mol. The largest absolute Gasteiger partial charge is 0.394 e. The maximum absolute atomic E-state index is 12.4. The van der Waals surface area contributed by atoms with E-state index in [1.54, 1.807) is 0 Å². The van der Waals surface area contributed by atoms with Crippen molar-refractivity contribution in [1.82, 2.24) is 0 Å². The lowest BCUT2D eigenvalue weighted by Crippen LogP contribution is -2.38. The molecule has 0 rings (SSSR count). The van der Waals surface area contributed by atoms with Gasteiger partial charge in [-0.3, -0.25) is 4.79 Å². The third-order valence-corrected chi connectivity index (χ3v) is 8.54. The maximum Gasteiger partial charge on any atom is 0.164 e. The molecule has 0 aromatic rings. The second-order valence-corrected chi connectivity index (χ2v) is 12.8. The summed E-state index contributed by atoms with van der Waals surface area (Å²) in [4.78, 5) is 12.4. The number of unbranched alkanes of at least 4 members (excludes halogenated alkanes) is 23. The molecule has 43 heavy (non-hydrogen) atoms. The van der Waals surface area contributed by atoms with E-state index in [9.17, 15) is 15.0 Å². The first-order valence-electron chi connectivity index (χ1n) is 18.9. The Morgan fingerprint density at radius 2 is 0.884 bits per heavy atom. The number of hydrogen-bond acceptors (Lipinski definition) is 4. The first-order chi connectivity index (χ1) is 21.2. The van der Waals surface area contributed by atoms with E-state index in [-0.39, 0.29) is 12.4 Å². The van der Waals surface area contributed by atoms with Gasteiger partial charge in [0.2, 0.25) is 0 Å². The van der Waals surface area contributed by atoms with Gasteiger partial charge in [-0.1, -0.05) is 147 Å². The Morgan fingerprint density at radius 3 is 1.28 bits per heavy atom. The molecule has 2 atom stereocenters. The van der Waals surface area contributed by atoms with Crippen LogP contribution < -0.4 is 0 Å². The Labute approximate surface area is 268 Å². The number of ether oxygens (including phenoxy) is 1. The molecular weight excluding hydrogens is 532 g/mol. The Hall–Kier alpha value is -0.970. The van der Waals surface area contributed by atoms with Gasteiger partial charge in [-0.2, -0.15) is 0 Å². The quantitative estimate of drug-likeness (QED) is 0.0556. The van der Waals surface area contributed by atoms with Crippen molar-refractivity contribution in [3.63, 3.8) is 0 Å². The molecule has 4 nitrogen and oxygen atoms in total. The summed E-state index contributed by atoms with van der Waals surface area (Å²) in [6.45, 7) is 4.71. The molecule has 2 unspecified atom stereocenters. The molecule has 0 aliphatic rings. The fourth-order valence-electron chi connectivity index (χ4n) is 5.55. The van der Waals surface area contributed by atoms with Crippen LogP contribution in [0.2, 0.25) is 0 Å². The third-order valence-electron chi connectivity index (χ3n) is 8.54. The predicted molar refractivity (Wildman–Crippen MR) is 187 cm³/mol. The SMILES string of the molecule is CCCCCCCC/C=C\CCCCCCCCOC(CO)C(O)C(=O)CCCCCCC/C=C\CCCCCCCC. The van der Waals surface area contributed by atoms with Crippen LogP contribution in [0.15, 0.2) is 24.3 Å². The van der Waals surface area contributed by atoms with Gasteiger partial charge in [0, 0.05) is 13.0 Å². The summed E-state index contributed by atoms with van der Waals surface area (Å²) in [5.41, 5.74) is 0.